The minimum Gasteiger partial charge on any atom is -0.473 e. The predicted molar refractivity (Wildman–Crippen MR) is 72.0 cm³/mol. The highest BCUT2D eigenvalue weighted by atomic mass is 19.1. The van der Waals surface area contributed by atoms with E-state index in [1.807, 2.05) is 0 Å². The van der Waals surface area contributed by atoms with Gasteiger partial charge in [-0.2, -0.15) is 0 Å². The van der Waals surface area contributed by atoms with Crippen LogP contribution in [-0.2, 0) is 20.8 Å². The van der Waals surface area contributed by atoms with Crippen molar-refractivity contribution in [3.63, 3.8) is 0 Å². The molecule has 1 rings (SSSR count). The predicted octanol–water partition coefficient (Wildman–Crippen LogP) is 1.64. The number of hydrogen-bond donors (Lipinski definition) is 1. The van der Waals surface area contributed by atoms with Crippen LogP contribution in [0.2, 0.25) is 0 Å². The fraction of sp³-hybridized carbons (Fsp3) is 0.500. The van der Waals surface area contributed by atoms with E-state index in [1.165, 1.54) is 14.0 Å². The molecular weight excluding hydrogens is 284 g/mol. The Morgan fingerprint density at radius 2 is 1.90 bits per heavy atom. The van der Waals surface area contributed by atoms with Crippen molar-refractivity contribution in [3.05, 3.63) is 29.3 Å². The first-order chi connectivity index (χ1) is 9.99. The Balaban J connectivity index is 2.73. The number of carbonyl (C=O) groups is 1. The average molecular weight is 303 g/mol. The van der Waals surface area contributed by atoms with Crippen LogP contribution < -0.4 is 10.1 Å². The summed E-state index contributed by atoms with van der Waals surface area (Å²) < 4.78 is 41.9. The molecule has 1 N–H and O–H groups in total. The van der Waals surface area contributed by atoms with Gasteiger partial charge in [0.2, 0.25) is 0 Å². The second-order valence-corrected chi connectivity index (χ2v) is 4.34. The van der Waals surface area contributed by atoms with Gasteiger partial charge in [0, 0.05) is 20.2 Å². The van der Waals surface area contributed by atoms with Crippen LogP contribution in [0.5, 0.6) is 5.75 Å². The van der Waals surface area contributed by atoms with Crippen LogP contribution in [0.4, 0.5) is 8.78 Å². The highest BCUT2D eigenvalue weighted by Gasteiger charge is 2.20. The zero-order valence-corrected chi connectivity index (χ0v) is 12.2. The van der Waals surface area contributed by atoms with Crippen LogP contribution in [0.25, 0.3) is 0 Å². The largest absolute Gasteiger partial charge is 0.473 e. The average Bonchev–Trinajstić information content (AvgIpc) is 2.46. The topological polar surface area (TPSA) is 56.8 Å². The summed E-state index contributed by atoms with van der Waals surface area (Å²) in [5.74, 6) is -3.03. The molecule has 0 bridgehead atoms. The zero-order valence-electron chi connectivity index (χ0n) is 12.2. The van der Waals surface area contributed by atoms with Gasteiger partial charge in [0.1, 0.15) is 0 Å². The van der Waals surface area contributed by atoms with Gasteiger partial charge in [-0.15, -0.1) is 0 Å². The van der Waals surface area contributed by atoms with E-state index in [9.17, 15) is 13.6 Å². The van der Waals surface area contributed by atoms with Crippen LogP contribution in [0, 0.1) is 11.6 Å². The van der Waals surface area contributed by atoms with E-state index < -0.39 is 29.5 Å². The molecule has 0 saturated heterocycles. The molecule has 7 heteroatoms. The summed E-state index contributed by atoms with van der Waals surface area (Å²) >= 11 is 0. The molecule has 0 fully saturated rings. The molecule has 118 valence electrons. The SMILES string of the molecule is COCCNCc1cc(F)c(OC(C)C(=O)OC)c(F)c1. The first-order valence-corrected chi connectivity index (χ1v) is 6.41. The molecule has 0 aliphatic carbocycles. The first-order valence-electron chi connectivity index (χ1n) is 6.41. The quantitative estimate of drug-likeness (QED) is 0.584. The lowest BCUT2D eigenvalue weighted by Gasteiger charge is -2.14. The molecule has 1 aromatic carbocycles. The van der Waals surface area contributed by atoms with E-state index in [1.54, 1.807) is 7.11 Å². The summed E-state index contributed by atoms with van der Waals surface area (Å²) in [5.41, 5.74) is 0.430. The molecule has 0 amide bonds. The van der Waals surface area contributed by atoms with Crippen molar-refractivity contribution < 1.29 is 27.8 Å². The van der Waals surface area contributed by atoms with Crippen molar-refractivity contribution in [2.24, 2.45) is 0 Å². The first kappa shape index (κ1) is 17.3. The highest BCUT2D eigenvalue weighted by Crippen LogP contribution is 2.24. The van der Waals surface area contributed by atoms with Gasteiger partial charge in [0.05, 0.1) is 13.7 Å². The monoisotopic (exact) mass is 303 g/mol. The third kappa shape index (κ3) is 5.28. The molecule has 5 nitrogen and oxygen atoms in total. The zero-order chi connectivity index (χ0) is 15.8. The molecule has 0 heterocycles. The number of nitrogens with one attached hydrogen (secondary N) is 1. The Hall–Kier alpha value is -1.73. The van der Waals surface area contributed by atoms with Crippen molar-refractivity contribution in [1.82, 2.24) is 5.32 Å². The standard InChI is InChI=1S/C14H19F2NO4/c1-9(14(18)20-3)21-13-11(15)6-10(7-12(13)16)8-17-4-5-19-2/h6-7,9,17H,4-5,8H2,1-3H3. The third-order valence-corrected chi connectivity index (χ3v) is 2.70. The van der Waals surface area contributed by atoms with Crippen LogP contribution in [0.15, 0.2) is 12.1 Å². The summed E-state index contributed by atoms with van der Waals surface area (Å²) in [6, 6.07) is 2.31. The maximum Gasteiger partial charge on any atom is 0.346 e. The van der Waals surface area contributed by atoms with Gasteiger partial charge >= 0.3 is 5.97 Å². The fourth-order valence-electron chi connectivity index (χ4n) is 1.62. The summed E-state index contributed by atoms with van der Waals surface area (Å²) in [7, 11) is 2.74. The van der Waals surface area contributed by atoms with E-state index in [0.29, 0.717) is 25.3 Å². The van der Waals surface area contributed by atoms with E-state index >= 15 is 0 Å². The third-order valence-electron chi connectivity index (χ3n) is 2.70. The number of rotatable bonds is 8. The molecule has 0 aliphatic heterocycles. The number of halogens is 2. The Bertz CT molecular complexity index is 459. The van der Waals surface area contributed by atoms with Crippen LogP contribution in [0.1, 0.15) is 12.5 Å². The smallest absolute Gasteiger partial charge is 0.346 e. The van der Waals surface area contributed by atoms with Crippen molar-refractivity contribution in [3.8, 4) is 5.75 Å². The molecule has 1 unspecified atom stereocenters. The van der Waals surface area contributed by atoms with Gasteiger partial charge < -0.3 is 19.5 Å². The maximum atomic E-state index is 13.8. The van der Waals surface area contributed by atoms with Crippen LogP contribution in [0.3, 0.4) is 0 Å². The van der Waals surface area contributed by atoms with Gasteiger partial charge in [-0.3, -0.25) is 0 Å². The Labute approximate surface area is 122 Å². The van der Waals surface area contributed by atoms with Crippen LogP contribution >= 0.6 is 0 Å². The van der Waals surface area contributed by atoms with Crippen LogP contribution in [-0.4, -0.2) is 39.4 Å². The van der Waals surface area contributed by atoms with E-state index in [0.717, 1.165) is 12.1 Å². The van der Waals surface area contributed by atoms with Crippen molar-refractivity contribution in [2.75, 3.05) is 27.4 Å². The normalized spacial score (nSPS) is 12.0. The number of hydrogen-bond acceptors (Lipinski definition) is 5. The number of ether oxygens (including phenoxy) is 3. The van der Waals surface area contributed by atoms with Gasteiger partial charge in [-0.25, -0.2) is 13.6 Å². The van der Waals surface area contributed by atoms with Crippen molar-refractivity contribution in [1.29, 1.82) is 0 Å². The molecule has 0 spiro atoms. The molecule has 0 aliphatic rings. The lowest BCUT2D eigenvalue weighted by molar-refractivity contribution is -0.148. The number of methoxy groups -OCH3 is 2. The second kappa shape index (κ2) is 8.53. The summed E-state index contributed by atoms with van der Waals surface area (Å²) in [4.78, 5) is 11.2. The molecule has 0 aromatic heterocycles. The number of carbonyl (C=O) groups excluding carboxylic acids is 1. The lowest BCUT2D eigenvalue weighted by atomic mass is 10.2. The molecule has 1 aromatic rings. The molecule has 21 heavy (non-hydrogen) atoms. The fourth-order valence-corrected chi connectivity index (χ4v) is 1.62. The Morgan fingerprint density at radius 3 is 2.43 bits per heavy atom. The lowest BCUT2D eigenvalue weighted by Crippen LogP contribution is -2.26. The van der Waals surface area contributed by atoms with Gasteiger partial charge in [-0.05, 0) is 24.6 Å². The molecule has 0 saturated carbocycles. The number of benzene rings is 1. The van der Waals surface area contributed by atoms with Gasteiger partial charge in [-0.1, -0.05) is 0 Å². The summed E-state index contributed by atoms with van der Waals surface area (Å²) in [5, 5.41) is 2.97. The molecule has 0 radical (unpaired) electrons. The van der Waals surface area contributed by atoms with Crippen molar-refractivity contribution in [2.45, 2.75) is 19.6 Å². The minimum absolute atomic E-state index is 0.296. The Morgan fingerprint density at radius 1 is 1.29 bits per heavy atom. The van der Waals surface area contributed by atoms with Crippen molar-refractivity contribution >= 4 is 5.97 Å². The minimum atomic E-state index is -1.09. The highest BCUT2D eigenvalue weighted by molar-refractivity contribution is 5.74. The second-order valence-electron chi connectivity index (χ2n) is 4.34. The van der Waals surface area contributed by atoms with E-state index in [2.05, 4.69) is 10.1 Å². The molecule has 1 atom stereocenters. The Kier molecular flexibility index (Phi) is 7.04. The van der Waals surface area contributed by atoms with E-state index in [4.69, 9.17) is 9.47 Å². The van der Waals surface area contributed by atoms with Gasteiger partial charge in [0.25, 0.3) is 0 Å². The molecular formula is C14H19F2NO4. The summed E-state index contributed by atoms with van der Waals surface area (Å²) in [6.07, 6.45) is -1.09. The van der Waals surface area contributed by atoms with E-state index in [-0.39, 0.29) is 0 Å². The maximum absolute atomic E-state index is 13.8. The number of esters is 1. The summed E-state index contributed by atoms with van der Waals surface area (Å²) in [6.45, 7) is 2.72. The van der Waals surface area contributed by atoms with Gasteiger partial charge in [0.15, 0.2) is 23.5 Å².